The maximum absolute atomic E-state index is 12.7. The van der Waals surface area contributed by atoms with Crippen LogP contribution >= 0.6 is 11.3 Å². The molecule has 1 saturated heterocycles. The lowest BCUT2D eigenvalue weighted by Gasteiger charge is -2.31. The highest BCUT2D eigenvalue weighted by molar-refractivity contribution is 7.93. The predicted molar refractivity (Wildman–Crippen MR) is 120 cm³/mol. The molecule has 1 fully saturated rings. The van der Waals surface area contributed by atoms with Crippen molar-refractivity contribution in [2.24, 2.45) is 5.92 Å². The highest BCUT2D eigenvalue weighted by atomic mass is 32.2. The number of carbonyl (C=O) groups excluding carboxylic acids is 1. The van der Waals surface area contributed by atoms with Crippen molar-refractivity contribution < 1.29 is 13.2 Å². The van der Waals surface area contributed by atoms with Crippen LogP contribution in [0.3, 0.4) is 0 Å². The molecule has 0 radical (unpaired) electrons. The van der Waals surface area contributed by atoms with E-state index in [1.807, 2.05) is 19.1 Å². The average Bonchev–Trinajstić information content (AvgIpc) is 3.27. The van der Waals surface area contributed by atoms with E-state index < -0.39 is 10.0 Å². The van der Waals surface area contributed by atoms with Crippen LogP contribution in [0.5, 0.6) is 0 Å². The zero-order valence-electron chi connectivity index (χ0n) is 16.9. The Bertz CT molecular complexity index is 1120. The van der Waals surface area contributed by atoms with Gasteiger partial charge in [-0.25, -0.2) is 13.4 Å². The lowest BCUT2D eigenvalue weighted by molar-refractivity contribution is -0.120. The fraction of sp³-hybridized carbons (Fsp3) is 0.300. The fourth-order valence-corrected chi connectivity index (χ4v) is 5.13. The third kappa shape index (κ3) is 5.17. The topological polar surface area (TPSA) is 117 Å². The van der Waals surface area contributed by atoms with Gasteiger partial charge in [-0.1, -0.05) is 0 Å². The lowest BCUT2D eigenvalue weighted by atomic mass is 9.96. The average molecular weight is 459 g/mol. The van der Waals surface area contributed by atoms with E-state index in [4.69, 9.17) is 0 Å². The van der Waals surface area contributed by atoms with Gasteiger partial charge in [0.05, 0.1) is 10.6 Å². The van der Waals surface area contributed by atoms with E-state index in [0.29, 0.717) is 23.7 Å². The number of nitrogens with one attached hydrogen (secondary N) is 2. The van der Waals surface area contributed by atoms with Crippen LogP contribution < -0.4 is 14.9 Å². The first-order valence-corrected chi connectivity index (χ1v) is 12.2. The number of hydrogen-bond donors (Lipinski definition) is 2. The lowest BCUT2D eigenvalue weighted by Crippen LogP contribution is -2.38. The Morgan fingerprint density at radius 3 is 2.45 bits per heavy atom. The number of hydrogen-bond acceptors (Lipinski definition) is 8. The number of anilines is 3. The van der Waals surface area contributed by atoms with Gasteiger partial charge in [-0.3, -0.25) is 9.52 Å². The maximum Gasteiger partial charge on any atom is 0.263 e. The van der Waals surface area contributed by atoms with Gasteiger partial charge < -0.3 is 10.2 Å². The molecular weight excluding hydrogens is 436 g/mol. The highest BCUT2D eigenvalue weighted by Crippen LogP contribution is 2.24. The molecule has 4 rings (SSSR count). The van der Waals surface area contributed by atoms with Gasteiger partial charge in [0.15, 0.2) is 10.9 Å². The van der Waals surface area contributed by atoms with Crippen molar-refractivity contribution in [3.8, 4) is 0 Å². The Balaban J connectivity index is 1.32. The molecule has 9 nitrogen and oxygen atoms in total. The number of aryl methyl sites for hydroxylation is 1. The van der Waals surface area contributed by atoms with Crippen LogP contribution in [-0.2, 0) is 14.8 Å². The second-order valence-electron chi connectivity index (χ2n) is 7.25. The third-order valence-corrected chi connectivity index (χ3v) is 7.23. The third-order valence-electron chi connectivity index (χ3n) is 5.06. The minimum atomic E-state index is -3.72. The monoisotopic (exact) mass is 458 g/mol. The molecule has 1 aliphatic heterocycles. The first-order chi connectivity index (χ1) is 14.9. The zero-order valence-corrected chi connectivity index (χ0v) is 18.5. The van der Waals surface area contributed by atoms with E-state index in [1.54, 1.807) is 17.5 Å². The summed E-state index contributed by atoms with van der Waals surface area (Å²) in [7, 11) is -3.72. The molecule has 3 heterocycles. The van der Waals surface area contributed by atoms with Gasteiger partial charge in [0.25, 0.3) is 10.0 Å². The number of carbonyl (C=O) groups is 1. The summed E-state index contributed by atoms with van der Waals surface area (Å²) in [5.41, 5.74) is 1.43. The molecule has 0 aliphatic carbocycles. The maximum atomic E-state index is 12.7. The first kappa shape index (κ1) is 21.2. The Morgan fingerprint density at radius 2 is 1.84 bits per heavy atom. The minimum absolute atomic E-state index is 0.0637. The molecule has 162 valence electrons. The first-order valence-electron chi connectivity index (χ1n) is 9.79. The molecule has 0 atom stereocenters. The molecule has 0 spiro atoms. The molecule has 1 aromatic carbocycles. The van der Waals surface area contributed by atoms with E-state index in [-0.39, 0.29) is 16.7 Å². The molecule has 1 aliphatic rings. The van der Waals surface area contributed by atoms with Crippen LogP contribution in [0, 0.1) is 12.8 Å². The van der Waals surface area contributed by atoms with Gasteiger partial charge in [-0.15, -0.1) is 16.4 Å². The summed E-state index contributed by atoms with van der Waals surface area (Å²) in [5.74, 6) is 0.656. The van der Waals surface area contributed by atoms with E-state index in [2.05, 4.69) is 30.1 Å². The van der Waals surface area contributed by atoms with Crippen molar-refractivity contribution in [2.45, 2.75) is 24.7 Å². The summed E-state index contributed by atoms with van der Waals surface area (Å²) in [5, 5.41) is 13.2. The SMILES string of the molecule is Cc1ccc(N2CCC(C(=O)Nc3ccc(S(=O)(=O)Nc4nccs4)cc3)CC2)nn1. The summed E-state index contributed by atoms with van der Waals surface area (Å²) in [6, 6.07) is 9.98. The number of nitrogens with zero attached hydrogens (tertiary/aromatic N) is 4. The van der Waals surface area contributed by atoms with Crippen molar-refractivity contribution >= 4 is 43.9 Å². The number of piperidine rings is 1. The molecule has 11 heteroatoms. The van der Waals surface area contributed by atoms with Crippen molar-refractivity contribution in [2.75, 3.05) is 28.0 Å². The van der Waals surface area contributed by atoms with Crippen molar-refractivity contribution in [1.82, 2.24) is 15.2 Å². The van der Waals surface area contributed by atoms with Crippen LogP contribution in [-0.4, -0.2) is 42.6 Å². The Kier molecular flexibility index (Phi) is 6.14. The quantitative estimate of drug-likeness (QED) is 0.583. The van der Waals surface area contributed by atoms with Gasteiger partial charge in [0.1, 0.15) is 0 Å². The smallest absolute Gasteiger partial charge is 0.263 e. The van der Waals surface area contributed by atoms with Gasteiger partial charge in [-0.05, 0) is 56.2 Å². The second-order valence-corrected chi connectivity index (χ2v) is 9.83. The number of thiazole rings is 1. The Labute approximate surface area is 184 Å². The van der Waals surface area contributed by atoms with Crippen LogP contribution in [0.4, 0.5) is 16.6 Å². The minimum Gasteiger partial charge on any atom is -0.355 e. The van der Waals surface area contributed by atoms with E-state index in [9.17, 15) is 13.2 Å². The number of aromatic nitrogens is 3. The van der Waals surface area contributed by atoms with E-state index in [1.165, 1.54) is 29.7 Å². The highest BCUT2D eigenvalue weighted by Gasteiger charge is 2.26. The predicted octanol–water partition coefficient (Wildman–Crippen LogP) is 2.90. The zero-order chi connectivity index (χ0) is 21.8. The molecule has 31 heavy (non-hydrogen) atoms. The van der Waals surface area contributed by atoms with Crippen molar-refractivity contribution in [3.05, 3.63) is 53.7 Å². The van der Waals surface area contributed by atoms with Crippen LogP contribution in [0.2, 0.25) is 0 Å². The molecule has 0 unspecified atom stereocenters. The second kappa shape index (κ2) is 8.98. The molecular formula is C20H22N6O3S2. The fourth-order valence-electron chi connectivity index (χ4n) is 3.34. The summed E-state index contributed by atoms with van der Waals surface area (Å²) in [6.07, 6.45) is 2.96. The standard InChI is InChI=1S/C20H22N6O3S2/c1-14-2-7-18(24-23-14)26-11-8-15(9-12-26)19(27)22-16-3-5-17(6-4-16)31(28,29)25-20-21-10-13-30-20/h2-7,10,13,15H,8-9,11-12H2,1H3,(H,21,25)(H,22,27). The summed E-state index contributed by atoms with van der Waals surface area (Å²) in [4.78, 5) is 18.8. The van der Waals surface area contributed by atoms with Crippen molar-refractivity contribution in [1.29, 1.82) is 0 Å². The number of rotatable bonds is 6. The van der Waals surface area contributed by atoms with Gasteiger partial charge >= 0.3 is 0 Å². The number of sulfonamides is 1. The van der Waals surface area contributed by atoms with E-state index in [0.717, 1.165) is 24.6 Å². The summed E-state index contributed by atoms with van der Waals surface area (Å²) >= 11 is 1.20. The molecule has 1 amide bonds. The molecule has 2 aromatic heterocycles. The van der Waals surface area contributed by atoms with Crippen molar-refractivity contribution in [3.63, 3.8) is 0 Å². The van der Waals surface area contributed by atoms with E-state index >= 15 is 0 Å². The largest absolute Gasteiger partial charge is 0.355 e. The van der Waals surface area contributed by atoms with Crippen LogP contribution in [0.25, 0.3) is 0 Å². The van der Waals surface area contributed by atoms with Crippen LogP contribution in [0.1, 0.15) is 18.5 Å². The molecule has 0 saturated carbocycles. The van der Waals surface area contributed by atoms with Gasteiger partial charge in [0.2, 0.25) is 5.91 Å². The summed E-state index contributed by atoms with van der Waals surface area (Å²) < 4.78 is 27.2. The Morgan fingerprint density at radius 1 is 1.10 bits per heavy atom. The van der Waals surface area contributed by atoms with Crippen LogP contribution in [0.15, 0.2) is 52.9 Å². The molecule has 3 aromatic rings. The van der Waals surface area contributed by atoms with Gasteiger partial charge in [-0.2, -0.15) is 5.10 Å². The summed E-state index contributed by atoms with van der Waals surface area (Å²) in [6.45, 7) is 3.36. The number of amides is 1. The number of benzene rings is 1. The Hall–Kier alpha value is -3.05. The molecule has 0 bridgehead atoms. The molecule has 2 N–H and O–H groups in total. The normalized spacial score (nSPS) is 14.9. The van der Waals surface area contributed by atoms with Gasteiger partial charge in [0, 0.05) is 36.3 Å².